The molecule has 0 spiro atoms. The number of nitrogens with zero attached hydrogens (tertiary/aromatic N) is 2. The average Bonchev–Trinajstić information content (AvgIpc) is 2.70. The van der Waals surface area contributed by atoms with Crippen LogP contribution in [-0.2, 0) is 6.42 Å². The first-order chi connectivity index (χ1) is 8.20. The van der Waals surface area contributed by atoms with E-state index in [9.17, 15) is 9.59 Å². The van der Waals surface area contributed by atoms with Crippen LogP contribution in [0.25, 0.3) is 0 Å². The van der Waals surface area contributed by atoms with Crippen LogP contribution in [0, 0.1) is 0 Å². The summed E-state index contributed by atoms with van der Waals surface area (Å²) < 4.78 is 1.01. The van der Waals surface area contributed by atoms with Crippen LogP contribution in [0.3, 0.4) is 0 Å². The van der Waals surface area contributed by atoms with Gasteiger partial charge in [-0.2, -0.15) is 8.94 Å². The zero-order valence-electron chi connectivity index (χ0n) is 9.21. The maximum atomic E-state index is 11.4. The molecule has 2 aromatic rings. The van der Waals surface area contributed by atoms with E-state index in [1.54, 1.807) is 0 Å². The Morgan fingerprint density at radius 1 is 1.41 bits per heavy atom. The van der Waals surface area contributed by atoms with Crippen LogP contribution >= 0.6 is 11.5 Å². The molecule has 0 aliphatic carbocycles. The topological polar surface area (TPSA) is 64.0 Å². The Morgan fingerprint density at radius 3 is 2.76 bits per heavy atom. The summed E-state index contributed by atoms with van der Waals surface area (Å²) in [5, 5.41) is 3.02. The van der Waals surface area contributed by atoms with Crippen LogP contribution < -0.4 is 11.0 Å². The van der Waals surface area contributed by atoms with Crippen molar-refractivity contribution in [3.8, 4) is 0 Å². The molecule has 5 nitrogen and oxygen atoms in total. The largest absolute Gasteiger partial charge is 0.366 e. The van der Waals surface area contributed by atoms with Gasteiger partial charge in [-0.25, -0.2) is 9.59 Å². The van der Waals surface area contributed by atoms with Crippen LogP contribution in [-0.4, -0.2) is 22.0 Å². The number of hydrogen-bond donors (Lipinski definition) is 1. The highest BCUT2D eigenvalue weighted by atomic mass is 32.1. The first-order valence-corrected chi connectivity index (χ1v) is 5.83. The van der Waals surface area contributed by atoms with E-state index in [4.69, 9.17) is 0 Å². The zero-order valence-corrected chi connectivity index (χ0v) is 10.0. The normalized spacial score (nSPS) is 10.2. The highest BCUT2D eigenvalue weighted by Gasteiger charge is 2.11. The minimum Gasteiger partial charge on any atom is -0.340 e. The van der Waals surface area contributed by atoms with E-state index in [1.165, 1.54) is 7.05 Å². The molecule has 0 aliphatic heterocycles. The molecule has 0 bridgehead atoms. The summed E-state index contributed by atoms with van der Waals surface area (Å²) in [6.45, 7) is 0. The second-order valence-corrected chi connectivity index (χ2v) is 4.41. The zero-order chi connectivity index (χ0) is 12.3. The van der Waals surface area contributed by atoms with Gasteiger partial charge in [0, 0.05) is 13.5 Å². The van der Waals surface area contributed by atoms with Crippen molar-refractivity contribution in [3.05, 3.63) is 51.4 Å². The van der Waals surface area contributed by atoms with Gasteiger partial charge < -0.3 is 5.32 Å². The fourth-order valence-electron chi connectivity index (χ4n) is 1.39. The van der Waals surface area contributed by atoms with E-state index >= 15 is 0 Å². The number of hydrogen-bond acceptors (Lipinski definition) is 4. The Kier molecular flexibility index (Phi) is 3.34. The van der Waals surface area contributed by atoms with Gasteiger partial charge in [0.05, 0.1) is 0 Å². The minimum atomic E-state index is -0.528. The van der Waals surface area contributed by atoms with Crippen LogP contribution in [0.4, 0.5) is 4.79 Å². The Bertz CT molecular complexity index is 574. The van der Waals surface area contributed by atoms with Gasteiger partial charge >= 0.3 is 11.7 Å². The summed E-state index contributed by atoms with van der Waals surface area (Å²) in [5.74, 6) is 0. The molecule has 2 rings (SSSR count). The Labute approximate surface area is 102 Å². The van der Waals surface area contributed by atoms with Crippen molar-refractivity contribution in [2.24, 2.45) is 0 Å². The summed E-state index contributed by atoms with van der Waals surface area (Å²) in [5.41, 5.74) is 0.533. The number of nitrogens with one attached hydrogen (secondary N) is 1. The molecule has 0 aliphatic rings. The monoisotopic (exact) mass is 249 g/mol. The fraction of sp³-hybridized carbons (Fsp3) is 0.182. The highest BCUT2D eigenvalue weighted by Crippen LogP contribution is 2.09. The van der Waals surface area contributed by atoms with Gasteiger partial charge in [-0.1, -0.05) is 30.3 Å². The summed E-state index contributed by atoms with van der Waals surface area (Å²) in [6.07, 6.45) is 0.560. The van der Waals surface area contributed by atoms with Crippen molar-refractivity contribution in [3.63, 3.8) is 0 Å². The molecule has 0 saturated heterocycles. The third kappa shape index (κ3) is 2.59. The lowest BCUT2D eigenvalue weighted by Crippen LogP contribution is -2.30. The molecule has 0 atom stereocenters. The third-order valence-corrected chi connectivity index (χ3v) is 3.14. The molecule has 0 unspecified atom stereocenters. The molecule has 1 aromatic carbocycles. The molecule has 0 fully saturated rings. The van der Waals surface area contributed by atoms with Crippen molar-refractivity contribution in [1.82, 2.24) is 14.3 Å². The molecule has 1 heterocycles. The first-order valence-electron chi connectivity index (χ1n) is 5.06. The highest BCUT2D eigenvalue weighted by molar-refractivity contribution is 7.07. The van der Waals surface area contributed by atoms with Crippen molar-refractivity contribution in [1.29, 1.82) is 0 Å². The molecule has 6 heteroatoms. The Hall–Kier alpha value is -1.95. The molecule has 1 aromatic heterocycles. The van der Waals surface area contributed by atoms with E-state index in [0.29, 0.717) is 11.4 Å². The van der Waals surface area contributed by atoms with Crippen LogP contribution in [0.2, 0.25) is 0 Å². The van der Waals surface area contributed by atoms with Gasteiger partial charge in [-0.15, -0.1) is 0 Å². The molecular weight excluding hydrogens is 238 g/mol. The molecule has 1 N–H and O–H groups in total. The second-order valence-electron chi connectivity index (χ2n) is 3.39. The molecular formula is C11H11N3O2S. The molecule has 0 radical (unpaired) electrons. The summed E-state index contributed by atoms with van der Waals surface area (Å²) in [7, 11) is 1.48. The quantitative estimate of drug-likeness (QED) is 0.866. The van der Waals surface area contributed by atoms with Gasteiger partial charge in [0.15, 0.2) is 0 Å². The lowest BCUT2D eigenvalue weighted by molar-refractivity contribution is 0.245. The van der Waals surface area contributed by atoms with Crippen LogP contribution in [0.5, 0.6) is 0 Å². The van der Waals surface area contributed by atoms with Gasteiger partial charge in [-0.3, -0.25) is 0 Å². The van der Waals surface area contributed by atoms with E-state index in [1.807, 2.05) is 30.3 Å². The molecule has 0 saturated carbocycles. The number of benzene rings is 1. The fourth-order valence-corrected chi connectivity index (χ4v) is 2.24. The molecule has 17 heavy (non-hydrogen) atoms. The van der Waals surface area contributed by atoms with Crippen LogP contribution in [0.1, 0.15) is 10.6 Å². The number of rotatable bonds is 2. The minimum absolute atomic E-state index is 0.452. The SMILES string of the molecule is CNC(=O)n1sc(Cc2ccccc2)nc1=O. The maximum Gasteiger partial charge on any atom is 0.366 e. The Balaban J connectivity index is 2.24. The van der Waals surface area contributed by atoms with Gasteiger partial charge in [0.1, 0.15) is 5.01 Å². The number of carbonyl (C=O) groups excluding carboxylic acids is 1. The van der Waals surface area contributed by atoms with E-state index in [2.05, 4.69) is 10.3 Å². The summed E-state index contributed by atoms with van der Waals surface area (Å²) in [6, 6.07) is 9.23. The van der Waals surface area contributed by atoms with Gasteiger partial charge in [0.25, 0.3) is 0 Å². The number of carbonyl (C=O) groups is 1. The predicted octanol–water partition coefficient (Wildman–Crippen LogP) is 1.08. The number of aromatic nitrogens is 2. The number of amides is 1. The smallest absolute Gasteiger partial charge is 0.340 e. The van der Waals surface area contributed by atoms with Gasteiger partial charge in [0.2, 0.25) is 0 Å². The average molecular weight is 249 g/mol. The second kappa shape index (κ2) is 4.92. The predicted molar refractivity (Wildman–Crippen MR) is 65.5 cm³/mol. The van der Waals surface area contributed by atoms with E-state index in [0.717, 1.165) is 21.1 Å². The van der Waals surface area contributed by atoms with Crippen molar-refractivity contribution >= 4 is 17.6 Å². The summed E-state index contributed by atoms with van der Waals surface area (Å²) >= 11 is 1.07. The van der Waals surface area contributed by atoms with Gasteiger partial charge in [-0.05, 0) is 17.1 Å². The van der Waals surface area contributed by atoms with Crippen molar-refractivity contribution in [2.45, 2.75) is 6.42 Å². The lowest BCUT2D eigenvalue weighted by atomic mass is 10.2. The van der Waals surface area contributed by atoms with E-state index in [-0.39, 0.29) is 0 Å². The third-order valence-electron chi connectivity index (χ3n) is 2.19. The van der Waals surface area contributed by atoms with Crippen molar-refractivity contribution < 1.29 is 4.79 Å². The molecule has 1 amide bonds. The first kappa shape index (κ1) is 11.5. The summed E-state index contributed by atoms with van der Waals surface area (Å²) in [4.78, 5) is 26.6. The molecule has 88 valence electrons. The van der Waals surface area contributed by atoms with Crippen LogP contribution in [0.15, 0.2) is 35.1 Å². The lowest BCUT2D eigenvalue weighted by Gasteiger charge is -1.96. The maximum absolute atomic E-state index is 11.4. The standard InChI is InChI=1S/C11H11N3O2S/c1-12-10(15)14-11(16)13-9(17-14)7-8-5-3-2-4-6-8/h2-6H,7H2,1H3,(H,12,15). The van der Waals surface area contributed by atoms with E-state index < -0.39 is 11.7 Å². The van der Waals surface area contributed by atoms with Crippen molar-refractivity contribution in [2.75, 3.05) is 7.05 Å². The Morgan fingerprint density at radius 2 is 2.12 bits per heavy atom.